The van der Waals surface area contributed by atoms with Crippen LogP contribution < -0.4 is 21.3 Å². The Bertz CT molecular complexity index is 2150. The van der Waals surface area contributed by atoms with Crippen LogP contribution in [0.1, 0.15) is 23.0 Å². The highest BCUT2D eigenvalue weighted by molar-refractivity contribution is 6.32. The molecule has 1 atom stereocenters. The molecule has 6 rings (SSSR count). The number of primary amides is 1. The molecule has 0 radical (unpaired) electrons. The van der Waals surface area contributed by atoms with Crippen molar-refractivity contribution < 1.29 is 14.3 Å². The van der Waals surface area contributed by atoms with Crippen molar-refractivity contribution in [1.82, 2.24) is 40.5 Å². The van der Waals surface area contributed by atoms with Crippen molar-refractivity contribution in [2.75, 3.05) is 0 Å². The molecule has 0 aliphatic rings. The number of halogens is 2. The molecular weight excluding hydrogens is 633 g/mol. The third-order valence-corrected chi connectivity index (χ3v) is 7.40. The van der Waals surface area contributed by atoms with Gasteiger partial charge in [-0.2, -0.15) is 4.68 Å². The Morgan fingerprint density at radius 3 is 2.63 bits per heavy atom. The Labute approximate surface area is 270 Å². The van der Waals surface area contributed by atoms with Crippen LogP contribution >= 0.6 is 23.2 Å². The second-order valence-corrected chi connectivity index (χ2v) is 10.8. The summed E-state index contributed by atoms with van der Waals surface area (Å²) in [6.45, 7) is 0. The van der Waals surface area contributed by atoms with Gasteiger partial charge in [-0.1, -0.05) is 59.6 Å². The Hall–Kier alpha value is -5.79. The van der Waals surface area contributed by atoms with Gasteiger partial charge in [0, 0.05) is 33.7 Å². The molecule has 0 fully saturated rings. The standard InChI is InChI=1S/C31H23Cl2N9O4/c32-20-8-10-24(42-16-35-40-41-42)18(13-20)7-11-26(43)37-23(12-17-4-2-1-3-5-17)30-38-28(29(33)39-30)19-6-9-22-21(14-19)25(46-31(34)45)15-27(44)36-22/h1-11,13-16,23H,12H2,(H2,34,45)(H,36,44)(H,37,43)(H,38,39)/b11-7+/t23-/m0/s1. The predicted molar refractivity (Wildman–Crippen MR) is 172 cm³/mol. The van der Waals surface area contributed by atoms with E-state index in [1.807, 2.05) is 30.3 Å². The summed E-state index contributed by atoms with van der Waals surface area (Å²) < 4.78 is 6.52. The number of nitrogens with two attached hydrogens (primary N) is 1. The summed E-state index contributed by atoms with van der Waals surface area (Å²) in [6, 6.07) is 20.2. The summed E-state index contributed by atoms with van der Waals surface area (Å²) >= 11 is 12.9. The van der Waals surface area contributed by atoms with E-state index in [-0.39, 0.29) is 10.9 Å². The maximum absolute atomic E-state index is 13.3. The molecule has 0 saturated heterocycles. The van der Waals surface area contributed by atoms with E-state index in [1.165, 1.54) is 17.1 Å². The monoisotopic (exact) mass is 655 g/mol. The molecule has 13 nitrogen and oxygen atoms in total. The Morgan fingerprint density at radius 1 is 1.04 bits per heavy atom. The number of aromatic amines is 2. The lowest BCUT2D eigenvalue weighted by atomic mass is 10.1. The van der Waals surface area contributed by atoms with Gasteiger partial charge in [0.25, 0.3) is 5.56 Å². The Kier molecular flexibility index (Phi) is 8.59. The third kappa shape index (κ3) is 6.80. The van der Waals surface area contributed by atoms with Gasteiger partial charge in [-0.15, -0.1) is 5.10 Å². The smallest absolute Gasteiger partial charge is 0.409 e. The van der Waals surface area contributed by atoms with E-state index in [9.17, 15) is 14.4 Å². The molecule has 0 aliphatic heterocycles. The lowest BCUT2D eigenvalue weighted by molar-refractivity contribution is -0.117. The fraction of sp³-hybridized carbons (Fsp3) is 0.0645. The van der Waals surface area contributed by atoms with Crippen LogP contribution in [0.3, 0.4) is 0 Å². The van der Waals surface area contributed by atoms with Crippen LogP contribution in [0.2, 0.25) is 10.2 Å². The first-order valence-electron chi connectivity index (χ1n) is 13.7. The lowest BCUT2D eigenvalue weighted by Gasteiger charge is -2.16. The van der Waals surface area contributed by atoms with Gasteiger partial charge in [-0.05, 0) is 58.8 Å². The number of aromatic nitrogens is 7. The van der Waals surface area contributed by atoms with Crippen molar-refractivity contribution in [3.8, 4) is 22.7 Å². The molecule has 0 spiro atoms. The van der Waals surface area contributed by atoms with Gasteiger partial charge in [0.2, 0.25) is 5.91 Å². The quantitative estimate of drug-likeness (QED) is 0.160. The summed E-state index contributed by atoms with van der Waals surface area (Å²) in [4.78, 5) is 47.3. The van der Waals surface area contributed by atoms with Crippen LogP contribution in [-0.2, 0) is 11.2 Å². The second-order valence-electron chi connectivity index (χ2n) is 10.0. The van der Waals surface area contributed by atoms with E-state index >= 15 is 0 Å². The predicted octanol–water partition coefficient (Wildman–Crippen LogP) is 4.77. The number of H-pyrrole nitrogens is 2. The second kappa shape index (κ2) is 13.1. The number of nitrogens with one attached hydrogen (secondary N) is 3. The molecular formula is C31H23Cl2N9O4. The molecule has 15 heteroatoms. The number of tetrazole rings is 1. The molecule has 2 amide bonds. The van der Waals surface area contributed by atoms with Crippen LogP contribution in [0, 0.1) is 0 Å². The van der Waals surface area contributed by atoms with Crippen molar-refractivity contribution in [1.29, 1.82) is 0 Å². The van der Waals surface area contributed by atoms with Gasteiger partial charge in [0.1, 0.15) is 28.7 Å². The molecule has 0 aliphatic carbocycles. The van der Waals surface area contributed by atoms with Gasteiger partial charge in [0.15, 0.2) is 0 Å². The van der Waals surface area contributed by atoms with E-state index in [0.717, 1.165) is 11.6 Å². The number of nitrogens with zero attached hydrogens (tertiary/aromatic N) is 5. The summed E-state index contributed by atoms with van der Waals surface area (Å²) in [6.07, 6.45) is 3.77. The highest BCUT2D eigenvalue weighted by atomic mass is 35.5. The molecule has 6 aromatic rings. The minimum absolute atomic E-state index is 0.0103. The molecule has 46 heavy (non-hydrogen) atoms. The van der Waals surface area contributed by atoms with Crippen molar-refractivity contribution in [3.63, 3.8) is 0 Å². The molecule has 3 heterocycles. The zero-order valence-electron chi connectivity index (χ0n) is 23.6. The number of rotatable bonds is 9. The highest BCUT2D eigenvalue weighted by Gasteiger charge is 2.22. The lowest BCUT2D eigenvalue weighted by Crippen LogP contribution is -2.29. The van der Waals surface area contributed by atoms with Crippen LogP contribution in [0.25, 0.3) is 33.9 Å². The number of carbonyl (C=O) groups is 2. The third-order valence-electron chi connectivity index (χ3n) is 6.90. The summed E-state index contributed by atoms with van der Waals surface area (Å²) in [5, 5.41) is 15.4. The zero-order chi connectivity index (χ0) is 32.2. The topological polar surface area (TPSA) is 187 Å². The number of ether oxygens (including phenoxy) is 1. The number of carbonyl (C=O) groups excluding carboxylic acids is 2. The Balaban J connectivity index is 1.32. The van der Waals surface area contributed by atoms with E-state index in [2.05, 4.69) is 30.8 Å². The fourth-order valence-corrected chi connectivity index (χ4v) is 5.31. The fourth-order valence-electron chi connectivity index (χ4n) is 4.88. The molecule has 3 aromatic carbocycles. The van der Waals surface area contributed by atoms with Gasteiger partial charge in [-0.3, -0.25) is 9.59 Å². The number of hydrogen-bond donors (Lipinski definition) is 4. The minimum atomic E-state index is -1.06. The first-order chi connectivity index (χ1) is 22.2. The zero-order valence-corrected chi connectivity index (χ0v) is 25.2. The number of amides is 2. The van der Waals surface area contributed by atoms with Crippen LogP contribution in [0.4, 0.5) is 4.79 Å². The number of hydrogen-bond acceptors (Lipinski definition) is 8. The molecule has 0 saturated carbocycles. The molecule has 0 unspecified atom stereocenters. The van der Waals surface area contributed by atoms with Crippen molar-refractivity contribution in [2.24, 2.45) is 5.73 Å². The van der Waals surface area contributed by atoms with Crippen LogP contribution in [0.15, 0.2) is 90.0 Å². The number of fused-ring (bicyclic) bond motifs is 1. The van der Waals surface area contributed by atoms with Crippen molar-refractivity contribution in [3.05, 3.63) is 123 Å². The molecule has 0 bridgehead atoms. The minimum Gasteiger partial charge on any atom is -0.410 e. The summed E-state index contributed by atoms with van der Waals surface area (Å²) in [5.74, 6) is -0.0117. The van der Waals surface area contributed by atoms with Crippen molar-refractivity contribution >= 4 is 52.2 Å². The van der Waals surface area contributed by atoms with E-state index < -0.39 is 23.6 Å². The van der Waals surface area contributed by atoms with Crippen molar-refractivity contribution in [2.45, 2.75) is 12.5 Å². The normalized spacial score (nSPS) is 12.0. The molecule has 230 valence electrons. The van der Waals surface area contributed by atoms with Gasteiger partial charge >= 0.3 is 6.09 Å². The van der Waals surface area contributed by atoms with E-state index in [1.54, 1.807) is 42.5 Å². The summed E-state index contributed by atoms with van der Waals surface area (Å²) in [5.41, 5.74) is 8.29. The van der Waals surface area contributed by atoms with Crippen LogP contribution in [0.5, 0.6) is 5.75 Å². The highest BCUT2D eigenvalue weighted by Crippen LogP contribution is 2.33. The number of benzene rings is 3. The number of imidazole rings is 1. The number of pyridine rings is 1. The maximum Gasteiger partial charge on any atom is 0.409 e. The molecule has 3 aromatic heterocycles. The first kappa shape index (κ1) is 30.2. The SMILES string of the molecule is NC(=O)Oc1cc(=O)[nH]c2ccc(-c3nc([C@H](Cc4ccccc4)NC(=O)/C=C/c4cc(Cl)ccc4-n4cnnn4)[nH]c3Cl)cc12. The van der Waals surface area contributed by atoms with E-state index in [4.69, 9.17) is 38.7 Å². The van der Waals surface area contributed by atoms with Gasteiger partial charge < -0.3 is 25.8 Å². The maximum atomic E-state index is 13.3. The van der Waals surface area contributed by atoms with Gasteiger partial charge in [-0.25, -0.2) is 9.78 Å². The Morgan fingerprint density at radius 2 is 1.87 bits per heavy atom. The van der Waals surface area contributed by atoms with Crippen LogP contribution in [-0.4, -0.2) is 47.2 Å². The average Bonchev–Trinajstić information content (AvgIpc) is 3.70. The first-order valence-corrected chi connectivity index (χ1v) is 14.4. The largest absolute Gasteiger partial charge is 0.410 e. The van der Waals surface area contributed by atoms with Gasteiger partial charge in [0.05, 0.1) is 17.2 Å². The summed E-state index contributed by atoms with van der Waals surface area (Å²) in [7, 11) is 0. The molecule has 5 N–H and O–H groups in total. The van der Waals surface area contributed by atoms with E-state index in [0.29, 0.717) is 50.7 Å². The average molecular weight is 656 g/mol.